The smallest absolute Gasteiger partial charge is 0.111 e. The summed E-state index contributed by atoms with van der Waals surface area (Å²) < 4.78 is 0. The Balaban J connectivity index is 4.31. The predicted molar refractivity (Wildman–Crippen MR) is 80.5 cm³/mol. The summed E-state index contributed by atoms with van der Waals surface area (Å²) >= 11 is 0. The molecule has 5 N–H and O–H groups in total. The Hall–Kier alpha value is -0.680. The molecule has 6 heteroatoms. The summed E-state index contributed by atoms with van der Waals surface area (Å²) in [6, 6.07) is 0. The van der Waals surface area contributed by atoms with Crippen molar-refractivity contribution in [2.45, 2.75) is 57.0 Å². The van der Waals surface area contributed by atoms with Crippen LogP contribution in [-0.2, 0) is 0 Å². The SMILES string of the molecule is C#CCN(CCCCCC)C[C@H](O)[C@@H](O)[C@H](O)[C@H](O)CO. The van der Waals surface area contributed by atoms with Gasteiger partial charge in [0.2, 0.25) is 0 Å². The van der Waals surface area contributed by atoms with Gasteiger partial charge in [0.15, 0.2) is 0 Å². The molecule has 124 valence electrons. The highest BCUT2D eigenvalue weighted by Crippen LogP contribution is 2.08. The summed E-state index contributed by atoms with van der Waals surface area (Å²) in [5.41, 5.74) is 0. The van der Waals surface area contributed by atoms with Crippen molar-refractivity contribution in [1.29, 1.82) is 0 Å². The fraction of sp³-hybridized carbons (Fsp3) is 0.867. The first-order valence-electron chi connectivity index (χ1n) is 7.46. The standard InChI is InChI=1S/C15H29NO5/c1-3-5-6-7-9-16(8-4-2)10-12(18)14(20)15(21)13(19)11-17/h2,12-15,17-21H,3,5-11H2,1H3/t12-,13+,14+,15+/m0/s1. The molecule has 0 rings (SSSR count). The summed E-state index contributed by atoms with van der Waals surface area (Å²) in [5.74, 6) is 2.50. The van der Waals surface area contributed by atoms with Crippen molar-refractivity contribution in [3.05, 3.63) is 0 Å². The van der Waals surface area contributed by atoms with E-state index < -0.39 is 31.0 Å². The lowest BCUT2D eigenvalue weighted by Crippen LogP contribution is -2.49. The molecular formula is C15H29NO5. The van der Waals surface area contributed by atoms with Gasteiger partial charge in [-0.1, -0.05) is 32.1 Å². The molecule has 0 aliphatic carbocycles. The summed E-state index contributed by atoms with van der Waals surface area (Å²) in [4.78, 5) is 1.82. The lowest BCUT2D eigenvalue weighted by molar-refractivity contribution is -0.119. The highest BCUT2D eigenvalue weighted by Gasteiger charge is 2.30. The first-order valence-corrected chi connectivity index (χ1v) is 7.46. The van der Waals surface area contributed by atoms with Crippen molar-refractivity contribution in [2.75, 3.05) is 26.2 Å². The van der Waals surface area contributed by atoms with E-state index in [-0.39, 0.29) is 6.54 Å². The number of hydrogen-bond acceptors (Lipinski definition) is 6. The largest absolute Gasteiger partial charge is 0.394 e. The summed E-state index contributed by atoms with van der Waals surface area (Å²) in [5, 5.41) is 47.2. The molecule has 0 spiro atoms. The highest BCUT2D eigenvalue weighted by molar-refractivity contribution is 4.90. The van der Waals surface area contributed by atoms with Crippen molar-refractivity contribution in [2.24, 2.45) is 0 Å². The molecule has 0 amide bonds. The minimum Gasteiger partial charge on any atom is -0.394 e. The third-order valence-electron chi connectivity index (χ3n) is 3.41. The molecule has 0 aromatic rings. The fourth-order valence-corrected chi connectivity index (χ4v) is 2.06. The van der Waals surface area contributed by atoms with Gasteiger partial charge in [-0.15, -0.1) is 6.42 Å². The molecule has 21 heavy (non-hydrogen) atoms. The summed E-state index contributed by atoms with van der Waals surface area (Å²) in [7, 11) is 0. The normalized spacial score (nSPS) is 17.2. The monoisotopic (exact) mass is 303 g/mol. The maximum atomic E-state index is 9.92. The predicted octanol–water partition coefficient (Wildman–Crippen LogP) is -1.06. The number of hydrogen-bond donors (Lipinski definition) is 5. The average Bonchev–Trinajstić information content (AvgIpc) is 2.49. The number of aliphatic hydroxyl groups excluding tert-OH is 5. The maximum absolute atomic E-state index is 9.92. The highest BCUT2D eigenvalue weighted by atomic mass is 16.4. The molecule has 0 heterocycles. The Bertz CT molecular complexity index is 294. The molecule has 0 saturated carbocycles. The van der Waals surface area contributed by atoms with Crippen molar-refractivity contribution in [3.8, 4) is 12.3 Å². The van der Waals surface area contributed by atoms with E-state index in [9.17, 15) is 20.4 Å². The molecular weight excluding hydrogens is 274 g/mol. The minimum atomic E-state index is -1.60. The second-order valence-electron chi connectivity index (χ2n) is 5.30. The van der Waals surface area contributed by atoms with Gasteiger partial charge in [0.25, 0.3) is 0 Å². The quantitative estimate of drug-likeness (QED) is 0.232. The zero-order chi connectivity index (χ0) is 16.3. The van der Waals surface area contributed by atoms with E-state index >= 15 is 0 Å². The third kappa shape index (κ3) is 8.37. The fourth-order valence-electron chi connectivity index (χ4n) is 2.06. The zero-order valence-corrected chi connectivity index (χ0v) is 12.7. The summed E-state index contributed by atoms with van der Waals surface area (Å²) in [6.07, 6.45) is 3.69. The molecule has 0 aromatic carbocycles. The Morgan fingerprint density at radius 2 is 1.62 bits per heavy atom. The molecule has 0 saturated heterocycles. The van der Waals surface area contributed by atoms with Crippen LogP contribution in [0.2, 0.25) is 0 Å². The van der Waals surface area contributed by atoms with Crippen LogP contribution in [0.4, 0.5) is 0 Å². The van der Waals surface area contributed by atoms with Gasteiger partial charge in [-0.05, 0) is 13.0 Å². The van der Waals surface area contributed by atoms with Crippen molar-refractivity contribution >= 4 is 0 Å². The van der Waals surface area contributed by atoms with Gasteiger partial charge >= 0.3 is 0 Å². The van der Waals surface area contributed by atoms with E-state index in [2.05, 4.69) is 12.8 Å². The number of terminal acetylenes is 1. The van der Waals surface area contributed by atoms with Crippen LogP contribution in [0, 0.1) is 12.3 Å². The van der Waals surface area contributed by atoms with Gasteiger partial charge in [0, 0.05) is 6.54 Å². The van der Waals surface area contributed by atoms with Crippen LogP contribution in [0.15, 0.2) is 0 Å². The van der Waals surface area contributed by atoms with Crippen molar-refractivity contribution in [1.82, 2.24) is 4.90 Å². The van der Waals surface area contributed by atoms with Gasteiger partial charge in [-0.25, -0.2) is 0 Å². The van der Waals surface area contributed by atoms with Gasteiger partial charge in [-0.3, -0.25) is 4.90 Å². The molecule has 0 unspecified atom stereocenters. The zero-order valence-electron chi connectivity index (χ0n) is 12.7. The van der Waals surface area contributed by atoms with E-state index in [4.69, 9.17) is 11.5 Å². The lowest BCUT2D eigenvalue weighted by Gasteiger charge is -2.29. The van der Waals surface area contributed by atoms with Crippen LogP contribution < -0.4 is 0 Å². The molecule has 0 aliphatic rings. The van der Waals surface area contributed by atoms with Gasteiger partial charge < -0.3 is 25.5 Å². The molecule has 0 aromatic heterocycles. The van der Waals surface area contributed by atoms with Gasteiger partial charge in [0.05, 0.1) is 19.3 Å². The second kappa shape index (κ2) is 11.9. The molecule has 6 nitrogen and oxygen atoms in total. The van der Waals surface area contributed by atoms with Crippen LogP contribution in [0.3, 0.4) is 0 Å². The lowest BCUT2D eigenvalue weighted by atomic mass is 10.0. The van der Waals surface area contributed by atoms with E-state index in [0.29, 0.717) is 13.1 Å². The molecule has 4 atom stereocenters. The van der Waals surface area contributed by atoms with Crippen LogP contribution in [0.25, 0.3) is 0 Å². The van der Waals surface area contributed by atoms with Gasteiger partial charge in [0.1, 0.15) is 18.3 Å². The number of nitrogens with zero attached hydrogens (tertiary/aromatic N) is 1. The first-order chi connectivity index (χ1) is 9.97. The Kier molecular flexibility index (Phi) is 11.5. The van der Waals surface area contributed by atoms with Crippen LogP contribution in [-0.4, -0.2) is 81.1 Å². The topological polar surface area (TPSA) is 104 Å². The Labute approximate surface area is 127 Å². The Morgan fingerprint density at radius 3 is 2.14 bits per heavy atom. The average molecular weight is 303 g/mol. The summed E-state index contributed by atoms with van der Waals surface area (Å²) in [6.45, 7) is 2.58. The molecule has 0 aliphatic heterocycles. The van der Waals surface area contributed by atoms with Crippen LogP contribution in [0.5, 0.6) is 0 Å². The van der Waals surface area contributed by atoms with E-state index in [1.807, 2.05) is 4.90 Å². The van der Waals surface area contributed by atoms with Crippen molar-refractivity contribution < 1.29 is 25.5 Å². The van der Waals surface area contributed by atoms with Crippen molar-refractivity contribution in [3.63, 3.8) is 0 Å². The second-order valence-corrected chi connectivity index (χ2v) is 5.30. The third-order valence-corrected chi connectivity index (χ3v) is 3.41. The van der Waals surface area contributed by atoms with E-state index in [1.165, 1.54) is 0 Å². The maximum Gasteiger partial charge on any atom is 0.111 e. The number of rotatable bonds is 12. The van der Waals surface area contributed by atoms with Crippen LogP contribution >= 0.6 is 0 Å². The first kappa shape index (κ1) is 20.3. The van der Waals surface area contributed by atoms with E-state index in [1.54, 1.807) is 0 Å². The molecule has 0 bridgehead atoms. The van der Waals surface area contributed by atoms with Gasteiger partial charge in [-0.2, -0.15) is 0 Å². The van der Waals surface area contributed by atoms with E-state index in [0.717, 1.165) is 25.7 Å². The number of aliphatic hydroxyl groups is 5. The van der Waals surface area contributed by atoms with Crippen LogP contribution in [0.1, 0.15) is 32.6 Å². The molecule has 0 radical (unpaired) electrons. The minimum absolute atomic E-state index is 0.104. The number of unbranched alkanes of at least 4 members (excludes halogenated alkanes) is 3. The Morgan fingerprint density at radius 1 is 1.00 bits per heavy atom. The molecule has 0 fully saturated rings.